The average Bonchev–Trinajstić information content (AvgIpc) is 2.81. The lowest BCUT2D eigenvalue weighted by Crippen LogP contribution is -2.21. The molecule has 3 aromatic rings. The van der Waals surface area contributed by atoms with Crippen molar-refractivity contribution < 1.29 is 0 Å². The van der Waals surface area contributed by atoms with Gasteiger partial charge in [-0.25, -0.2) is 4.98 Å². The van der Waals surface area contributed by atoms with Crippen LogP contribution in [0.2, 0.25) is 0 Å². The molecule has 1 N–H and O–H groups in total. The van der Waals surface area contributed by atoms with Gasteiger partial charge in [-0.3, -0.25) is 9.36 Å². The maximum absolute atomic E-state index is 12.3. The van der Waals surface area contributed by atoms with E-state index in [1.807, 2.05) is 13.0 Å². The molecular weight excluding hydrogens is 250 g/mol. The maximum atomic E-state index is 12.3. The predicted molar refractivity (Wildman–Crippen MR) is 80.0 cm³/mol. The third-order valence-corrected chi connectivity index (χ3v) is 3.51. The van der Waals surface area contributed by atoms with Gasteiger partial charge in [-0.15, -0.1) is 0 Å². The standard InChI is InChI=1S/C16H17N3O/c1-11-3-5-13(6-4-11)7-8-19-10-17-15-14(16(19)20)9-12(2)18-15/h3-6,9-10,18H,7-8H2,1-2H3. The minimum atomic E-state index is 0.0199. The fourth-order valence-electron chi connectivity index (χ4n) is 2.34. The molecule has 0 aliphatic carbocycles. The van der Waals surface area contributed by atoms with E-state index in [1.54, 1.807) is 10.9 Å². The molecular formula is C16H17N3O. The van der Waals surface area contributed by atoms with Gasteiger partial charge in [-0.1, -0.05) is 29.8 Å². The minimum absolute atomic E-state index is 0.0199. The van der Waals surface area contributed by atoms with Crippen LogP contribution in [0.4, 0.5) is 0 Å². The number of nitrogens with one attached hydrogen (secondary N) is 1. The van der Waals surface area contributed by atoms with E-state index in [-0.39, 0.29) is 5.56 Å². The Balaban J connectivity index is 1.85. The van der Waals surface area contributed by atoms with E-state index >= 15 is 0 Å². The summed E-state index contributed by atoms with van der Waals surface area (Å²) in [5.74, 6) is 0. The molecule has 1 aromatic carbocycles. The second-order valence-corrected chi connectivity index (χ2v) is 5.19. The Kier molecular flexibility index (Phi) is 3.14. The van der Waals surface area contributed by atoms with Crippen LogP contribution in [0, 0.1) is 13.8 Å². The van der Waals surface area contributed by atoms with Crippen LogP contribution in [0.25, 0.3) is 11.0 Å². The molecule has 2 heterocycles. The summed E-state index contributed by atoms with van der Waals surface area (Å²) in [6.45, 7) is 4.65. The lowest BCUT2D eigenvalue weighted by atomic mass is 10.1. The van der Waals surface area contributed by atoms with Crippen molar-refractivity contribution in [2.45, 2.75) is 26.8 Å². The monoisotopic (exact) mass is 267 g/mol. The number of hydrogen-bond donors (Lipinski definition) is 1. The molecule has 0 amide bonds. The van der Waals surface area contributed by atoms with Crippen LogP contribution in [-0.2, 0) is 13.0 Å². The largest absolute Gasteiger partial charge is 0.343 e. The van der Waals surface area contributed by atoms with Gasteiger partial charge in [0.25, 0.3) is 5.56 Å². The molecule has 2 aromatic heterocycles. The first-order valence-electron chi connectivity index (χ1n) is 6.74. The van der Waals surface area contributed by atoms with Crippen molar-refractivity contribution in [3.63, 3.8) is 0 Å². The van der Waals surface area contributed by atoms with Crippen LogP contribution >= 0.6 is 0 Å². The second kappa shape index (κ2) is 4.96. The van der Waals surface area contributed by atoms with Gasteiger partial charge < -0.3 is 4.98 Å². The van der Waals surface area contributed by atoms with Gasteiger partial charge in [-0.05, 0) is 31.9 Å². The highest BCUT2D eigenvalue weighted by atomic mass is 16.1. The van der Waals surface area contributed by atoms with Crippen molar-refractivity contribution in [1.82, 2.24) is 14.5 Å². The van der Waals surface area contributed by atoms with Crippen LogP contribution in [0.5, 0.6) is 0 Å². The van der Waals surface area contributed by atoms with Crippen molar-refractivity contribution in [2.24, 2.45) is 0 Å². The summed E-state index contributed by atoms with van der Waals surface area (Å²) in [4.78, 5) is 19.7. The van der Waals surface area contributed by atoms with Gasteiger partial charge in [0.15, 0.2) is 0 Å². The Bertz CT molecular complexity index is 797. The molecule has 0 spiro atoms. The normalized spacial score (nSPS) is 11.1. The summed E-state index contributed by atoms with van der Waals surface area (Å²) in [6.07, 6.45) is 2.45. The highest BCUT2D eigenvalue weighted by molar-refractivity contribution is 5.74. The molecule has 0 saturated heterocycles. The quantitative estimate of drug-likeness (QED) is 0.793. The van der Waals surface area contributed by atoms with E-state index in [0.29, 0.717) is 17.6 Å². The lowest BCUT2D eigenvalue weighted by molar-refractivity contribution is 0.662. The van der Waals surface area contributed by atoms with E-state index < -0.39 is 0 Å². The summed E-state index contributed by atoms with van der Waals surface area (Å²) in [5.41, 5.74) is 4.12. The van der Waals surface area contributed by atoms with Crippen molar-refractivity contribution in [3.8, 4) is 0 Å². The number of aromatic amines is 1. The number of rotatable bonds is 3. The van der Waals surface area contributed by atoms with Crippen molar-refractivity contribution in [2.75, 3.05) is 0 Å². The molecule has 0 radical (unpaired) electrons. The summed E-state index contributed by atoms with van der Waals surface area (Å²) in [5, 5.41) is 0.661. The molecule has 0 aliphatic heterocycles. The van der Waals surface area contributed by atoms with Gasteiger partial charge >= 0.3 is 0 Å². The first kappa shape index (κ1) is 12.7. The number of fused-ring (bicyclic) bond motifs is 1. The van der Waals surface area contributed by atoms with Crippen LogP contribution in [-0.4, -0.2) is 14.5 Å². The Labute approximate surface area is 117 Å². The van der Waals surface area contributed by atoms with E-state index in [2.05, 4.69) is 41.2 Å². The van der Waals surface area contributed by atoms with Crippen LogP contribution in [0.1, 0.15) is 16.8 Å². The van der Waals surface area contributed by atoms with E-state index in [1.165, 1.54) is 11.1 Å². The zero-order valence-corrected chi connectivity index (χ0v) is 11.7. The minimum Gasteiger partial charge on any atom is -0.343 e. The highest BCUT2D eigenvalue weighted by Gasteiger charge is 2.06. The fourth-order valence-corrected chi connectivity index (χ4v) is 2.34. The molecule has 0 fully saturated rings. The number of aromatic nitrogens is 3. The molecule has 4 heteroatoms. The number of benzene rings is 1. The van der Waals surface area contributed by atoms with Crippen molar-refractivity contribution in [3.05, 3.63) is 63.8 Å². The zero-order chi connectivity index (χ0) is 14.1. The molecule has 0 aliphatic rings. The summed E-state index contributed by atoms with van der Waals surface area (Å²) in [6, 6.07) is 10.2. The maximum Gasteiger partial charge on any atom is 0.262 e. The second-order valence-electron chi connectivity index (χ2n) is 5.19. The first-order chi connectivity index (χ1) is 9.63. The zero-order valence-electron chi connectivity index (χ0n) is 11.7. The Morgan fingerprint density at radius 1 is 1.20 bits per heavy atom. The van der Waals surface area contributed by atoms with E-state index in [4.69, 9.17) is 0 Å². The van der Waals surface area contributed by atoms with Crippen LogP contribution in [0.3, 0.4) is 0 Å². The summed E-state index contributed by atoms with van der Waals surface area (Å²) in [7, 11) is 0. The Hall–Kier alpha value is -2.36. The van der Waals surface area contributed by atoms with Crippen molar-refractivity contribution in [1.29, 1.82) is 0 Å². The number of hydrogen-bond acceptors (Lipinski definition) is 2. The molecule has 4 nitrogen and oxygen atoms in total. The summed E-state index contributed by atoms with van der Waals surface area (Å²) >= 11 is 0. The number of aryl methyl sites for hydroxylation is 4. The lowest BCUT2D eigenvalue weighted by Gasteiger charge is -2.05. The first-order valence-corrected chi connectivity index (χ1v) is 6.74. The average molecular weight is 267 g/mol. The number of nitrogens with zero attached hydrogens (tertiary/aromatic N) is 2. The molecule has 0 unspecified atom stereocenters. The summed E-state index contributed by atoms with van der Waals surface area (Å²) < 4.78 is 1.68. The molecule has 3 rings (SSSR count). The molecule has 20 heavy (non-hydrogen) atoms. The van der Waals surface area contributed by atoms with Gasteiger partial charge in [0.2, 0.25) is 0 Å². The van der Waals surface area contributed by atoms with E-state index in [9.17, 15) is 4.79 Å². The SMILES string of the molecule is Cc1ccc(CCn2cnc3[nH]c(C)cc3c2=O)cc1. The smallest absolute Gasteiger partial charge is 0.262 e. The third kappa shape index (κ3) is 2.37. The number of H-pyrrole nitrogens is 1. The third-order valence-electron chi connectivity index (χ3n) is 3.51. The topological polar surface area (TPSA) is 50.7 Å². The van der Waals surface area contributed by atoms with Gasteiger partial charge in [-0.2, -0.15) is 0 Å². The van der Waals surface area contributed by atoms with Gasteiger partial charge in [0, 0.05) is 12.2 Å². The van der Waals surface area contributed by atoms with Gasteiger partial charge in [0.1, 0.15) is 5.65 Å². The van der Waals surface area contributed by atoms with Crippen LogP contribution < -0.4 is 5.56 Å². The molecule has 0 atom stereocenters. The van der Waals surface area contributed by atoms with Crippen molar-refractivity contribution >= 4 is 11.0 Å². The Morgan fingerprint density at radius 2 is 1.95 bits per heavy atom. The molecule has 0 bridgehead atoms. The van der Waals surface area contributed by atoms with Crippen LogP contribution in [0.15, 0.2) is 41.5 Å². The fraction of sp³-hybridized carbons (Fsp3) is 0.250. The molecule has 0 saturated carbocycles. The predicted octanol–water partition coefficient (Wildman–Crippen LogP) is 2.58. The Morgan fingerprint density at radius 3 is 2.70 bits per heavy atom. The highest BCUT2D eigenvalue weighted by Crippen LogP contribution is 2.08. The van der Waals surface area contributed by atoms with Gasteiger partial charge in [0.05, 0.1) is 11.7 Å². The molecule has 102 valence electrons. The van der Waals surface area contributed by atoms with E-state index in [0.717, 1.165) is 12.1 Å².